The second-order valence-electron chi connectivity index (χ2n) is 2.50. The van der Waals surface area contributed by atoms with Gasteiger partial charge >= 0.3 is 11.9 Å². The second-order valence-corrected chi connectivity index (χ2v) is 2.50. The van der Waals surface area contributed by atoms with E-state index in [0.29, 0.717) is 6.29 Å². The molecule has 0 saturated heterocycles. The maximum Gasteiger partial charge on any atom is 0.308 e. The fraction of sp³-hybridized carbons (Fsp3) is 0.300. The highest BCUT2D eigenvalue weighted by molar-refractivity contribution is 5.69. The fourth-order valence-electron chi connectivity index (χ4n) is 0.685. The van der Waals surface area contributed by atoms with E-state index in [-0.39, 0.29) is 12.4 Å². The van der Waals surface area contributed by atoms with E-state index in [9.17, 15) is 14.4 Å². The molecule has 0 aromatic rings. The third kappa shape index (κ3) is 8.42. The highest BCUT2D eigenvalue weighted by atomic mass is 16.5. The lowest BCUT2D eigenvalue weighted by molar-refractivity contribution is -0.139. The molecule has 5 nitrogen and oxygen atoms in total. The molecule has 0 bridgehead atoms. The van der Waals surface area contributed by atoms with Crippen LogP contribution in [0.2, 0.25) is 0 Å². The van der Waals surface area contributed by atoms with Crippen LogP contribution in [-0.4, -0.2) is 24.8 Å². The van der Waals surface area contributed by atoms with Crippen LogP contribution >= 0.6 is 0 Å². The molecule has 0 aromatic heterocycles. The zero-order chi connectivity index (χ0) is 11.7. The summed E-state index contributed by atoms with van der Waals surface area (Å²) in [6, 6.07) is 0. The maximum atomic E-state index is 10.6. The van der Waals surface area contributed by atoms with Crippen molar-refractivity contribution >= 4 is 18.2 Å². The Labute approximate surface area is 87.4 Å². The number of ether oxygens (including phenoxy) is 2. The first-order chi connectivity index (χ1) is 7.06. The Balaban J connectivity index is 4.32. The zero-order valence-electron chi connectivity index (χ0n) is 8.56. The molecule has 0 saturated carbocycles. The van der Waals surface area contributed by atoms with Crippen LogP contribution in [0.3, 0.4) is 0 Å². The monoisotopic (exact) mass is 212 g/mol. The predicted molar refractivity (Wildman–Crippen MR) is 51.7 cm³/mol. The number of allylic oxidation sites excluding steroid dienone is 2. The molecule has 0 amide bonds. The van der Waals surface area contributed by atoms with Crippen molar-refractivity contribution in [3.63, 3.8) is 0 Å². The molecule has 0 radical (unpaired) electrons. The molecule has 0 fully saturated rings. The Morgan fingerprint density at radius 1 is 1.20 bits per heavy atom. The van der Waals surface area contributed by atoms with Crippen molar-refractivity contribution in [3.05, 3.63) is 24.0 Å². The molecule has 0 unspecified atom stereocenters. The Bertz CT molecular complexity index is 301. The number of hydrogen-bond acceptors (Lipinski definition) is 5. The van der Waals surface area contributed by atoms with Crippen molar-refractivity contribution in [2.75, 3.05) is 6.61 Å². The smallest absolute Gasteiger partial charge is 0.308 e. The van der Waals surface area contributed by atoms with Crippen molar-refractivity contribution in [3.8, 4) is 0 Å². The molecule has 15 heavy (non-hydrogen) atoms. The highest BCUT2D eigenvalue weighted by Gasteiger charge is 1.98. The largest absolute Gasteiger partial charge is 0.461 e. The summed E-state index contributed by atoms with van der Waals surface area (Å²) in [5, 5.41) is 0. The van der Waals surface area contributed by atoms with Crippen LogP contribution in [0.1, 0.15) is 13.8 Å². The third-order valence-corrected chi connectivity index (χ3v) is 1.17. The minimum absolute atomic E-state index is 0.0128. The summed E-state index contributed by atoms with van der Waals surface area (Å²) in [7, 11) is 0. The minimum Gasteiger partial charge on any atom is -0.461 e. The quantitative estimate of drug-likeness (QED) is 0.221. The molecule has 0 atom stereocenters. The van der Waals surface area contributed by atoms with E-state index in [4.69, 9.17) is 4.74 Å². The van der Waals surface area contributed by atoms with Gasteiger partial charge in [-0.1, -0.05) is 0 Å². The van der Waals surface area contributed by atoms with Crippen molar-refractivity contribution in [2.45, 2.75) is 13.8 Å². The van der Waals surface area contributed by atoms with Crippen LogP contribution in [0.15, 0.2) is 24.0 Å². The number of carbonyl (C=O) groups is 3. The standard InChI is InChI=1S/C10H12O5/c1-8(12)14-7-5-10(4-3-6-11)15-9(2)13/h3-6H,7H2,1-2H3. The van der Waals surface area contributed by atoms with E-state index in [1.54, 1.807) is 0 Å². The van der Waals surface area contributed by atoms with Crippen LogP contribution in [0.5, 0.6) is 0 Å². The molecule has 0 rings (SSSR count). The van der Waals surface area contributed by atoms with Gasteiger partial charge in [0.2, 0.25) is 0 Å². The number of aldehydes is 1. The van der Waals surface area contributed by atoms with E-state index >= 15 is 0 Å². The van der Waals surface area contributed by atoms with Gasteiger partial charge in [0.1, 0.15) is 18.7 Å². The van der Waals surface area contributed by atoms with E-state index in [1.165, 1.54) is 32.1 Å². The van der Waals surface area contributed by atoms with Crippen LogP contribution in [0.4, 0.5) is 0 Å². The lowest BCUT2D eigenvalue weighted by atomic mass is 10.4. The summed E-state index contributed by atoms with van der Waals surface area (Å²) in [6.07, 6.45) is 4.40. The van der Waals surface area contributed by atoms with Gasteiger partial charge in [-0.05, 0) is 18.2 Å². The van der Waals surface area contributed by atoms with Gasteiger partial charge in [0.05, 0.1) is 0 Å². The first-order valence-corrected chi connectivity index (χ1v) is 4.20. The van der Waals surface area contributed by atoms with Crippen LogP contribution < -0.4 is 0 Å². The molecular formula is C10H12O5. The van der Waals surface area contributed by atoms with Crippen molar-refractivity contribution in [1.82, 2.24) is 0 Å². The molecule has 0 aliphatic rings. The second kappa shape index (κ2) is 7.49. The normalized spacial score (nSPS) is 11.2. The van der Waals surface area contributed by atoms with Crippen molar-refractivity contribution < 1.29 is 23.9 Å². The summed E-state index contributed by atoms with van der Waals surface area (Å²) >= 11 is 0. The molecule has 0 aliphatic heterocycles. The average Bonchev–Trinajstić information content (AvgIpc) is 2.12. The zero-order valence-corrected chi connectivity index (χ0v) is 8.56. The molecular weight excluding hydrogens is 200 g/mol. The topological polar surface area (TPSA) is 69.7 Å². The maximum absolute atomic E-state index is 10.6. The van der Waals surface area contributed by atoms with Crippen LogP contribution in [0, 0.1) is 0 Å². The third-order valence-electron chi connectivity index (χ3n) is 1.17. The first-order valence-electron chi connectivity index (χ1n) is 4.20. The number of esters is 2. The van der Waals surface area contributed by atoms with E-state index in [1.807, 2.05) is 0 Å². The summed E-state index contributed by atoms with van der Waals surface area (Å²) < 4.78 is 9.32. The van der Waals surface area contributed by atoms with Crippen LogP contribution in [0.25, 0.3) is 0 Å². The molecule has 0 heterocycles. The highest BCUT2D eigenvalue weighted by Crippen LogP contribution is 2.00. The van der Waals surface area contributed by atoms with E-state index in [2.05, 4.69) is 4.74 Å². The molecule has 82 valence electrons. The van der Waals surface area contributed by atoms with E-state index in [0.717, 1.165) is 0 Å². The van der Waals surface area contributed by atoms with Gasteiger partial charge in [0.15, 0.2) is 0 Å². The van der Waals surface area contributed by atoms with Crippen molar-refractivity contribution in [1.29, 1.82) is 0 Å². The Hall–Kier alpha value is -1.91. The first kappa shape index (κ1) is 13.1. The molecule has 5 heteroatoms. The average molecular weight is 212 g/mol. The van der Waals surface area contributed by atoms with Crippen LogP contribution in [-0.2, 0) is 23.9 Å². The summed E-state index contributed by atoms with van der Waals surface area (Å²) in [6.45, 7) is 2.48. The Kier molecular flexibility index (Phi) is 6.54. The number of hydrogen-bond donors (Lipinski definition) is 0. The van der Waals surface area contributed by atoms with Gasteiger partial charge < -0.3 is 9.47 Å². The molecule has 0 N–H and O–H groups in total. The lowest BCUT2D eigenvalue weighted by Crippen LogP contribution is -2.02. The van der Waals surface area contributed by atoms with Crippen molar-refractivity contribution in [2.24, 2.45) is 0 Å². The van der Waals surface area contributed by atoms with Gasteiger partial charge in [0, 0.05) is 13.8 Å². The summed E-state index contributed by atoms with van der Waals surface area (Å²) in [5.74, 6) is -0.789. The van der Waals surface area contributed by atoms with Gasteiger partial charge in [-0.2, -0.15) is 0 Å². The summed E-state index contributed by atoms with van der Waals surface area (Å²) in [5.41, 5.74) is 0. The fourth-order valence-corrected chi connectivity index (χ4v) is 0.685. The molecule has 0 aromatic carbocycles. The number of rotatable bonds is 5. The minimum atomic E-state index is -0.514. The number of carbonyl (C=O) groups excluding carboxylic acids is 3. The Morgan fingerprint density at radius 2 is 1.87 bits per heavy atom. The predicted octanol–water partition coefficient (Wildman–Crippen LogP) is 0.752. The molecule has 0 aliphatic carbocycles. The van der Waals surface area contributed by atoms with E-state index < -0.39 is 11.9 Å². The SMILES string of the molecule is CC(=O)OCC=C(C=CC=O)OC(C)=O. The van der Waals surface area contributed by atoms with Gasteiger partial charge in [0.25, 0.3) is 0 Å². The van der Waals surface area contributed by atoms with Gasteiger partial charge in [-0.25, -0.2) is 0 Å². The molecule has 0 spiro atoms. The lowest BCUT2D eigenvalue weighted by Gasteiger charge is -2.01. The van der Waals surface area contributed by atoms with Gasteiger partial charge in [-0.15, -0.1) is 0 Å². The summed E-state index contributed by atoms with van der Waals surface area (Å²) in [4.78, 5) is 31.1. The van der Waals surface area contributed by atoms with Gasteiger partial charge in [-0.3, -0.25) is 14.4 Å². The Morgan fingerprint density at radius 3 is 2.33 bits per heavy atom.